The molecule has 1 aliphatic heterocycles. The van der Waals surface area contributed by atoms with Gasteiger partial charge in [-0.1, -0.05) is 36.4 Å². The van der Waals surface area contributed by atoms with Crippen LogP contribution in [0.15, 0.2) is 77.7 Å². The zero-order valence-electron chi connectivity index (χ0n) is 18.9. The second-order valence-corrected chi connectivity index (χ2v) is 8.26. The van der Waals surface area contributed by atoms with Crippen molar-refractivity contribution < 1.29 is 32.6 Å². The molecule has 4 rings (SSSR count). The molecule has 1 aliphatic rings. The average Bonchev–Trinajstić information content (AvgIpc) is 3.05. The van der Waals surface area contributed by atoms with Gasteiger partial charge in [-0.15, -0.1) is 0 Å². The molecule has 0 unspecified atom stereocenters. The number of hydrogen-bond donors (Lipinski definition) is 0. The number of rotatable bonds is 6. The van der Waals surface area contributed by atoms with Crippen molar-refractivity contribution in [3.05, 3.63) is 100 Å². The van der Waals surface area contributed by atoms with Gasteiger partial charge in [0, 0.05) is 11.9 Å². The first kappa shape index (κ1) is 24.2. The Morgan fingerprint density at radius 3 is 2.17 bits per heavy atom. The molecule has 0 amide bonds. The zero-order chi connectivity index (χ0) is 25.2. The molecule has 1 aromatic heterocycles. The van der Waals surface area contributed by atoms with Gasteiger partial charge in [-0.05, 0) is 44.2 Å². The third kappa shape index (κ3) is 4.69. The van der Waals surface area contributed by atoms with Crippen LogP contribution < -0.4 is 5.69 Å². The molecule has 2 aromatic carbocycles. The molecule has 35 heavy (non-hydrogen) atoms. The number of nitrogens with zero attached hydrogens (tertiary/aromatic N) is 2. The quantitative estimate of drug-likeness (QED) is 0.494. The van der Waals surface area contributed by atoms with Gasteiger partial charge in [0.15, 0.2) is 18.4 Å². The standard InChI is InChI=1S/C25H22F2N2O6/c1-16-13-14-29(23(32)28-16)22-24(2,34-20(31)18-11-7-4-8-12-18)21(26)25(27,35-22)15-33-19(30)17-9-5-3-6-10-17/h3-14,21-22H,15H2,1-2H3/t21-,22+,24+,25+/m0/s1. The van der Waals surface area contributed by atoms with E-state index in [1.54, 1.807) is 43.3 Å². The highest BCUT2D eigenvalue weighted by Gasteiger charge is 2.68. The molecule has 0 aliphatic carbocycles. The molecule has 0 radical (unpaired) electrons. The third-order valence-electron chi connectivity index (χ3n) is 5.63. The van der Waals surface area contributed by atoms with Gasteiger partial charge >= 0.3 is 17.6 Å². The number of alkyl halides is 2. The summed E-state index contributed by atoms with van der Waals surface area (Å²) in [6.45, 7) is 1.52. The van der Waals surface area contributed by atoms with Crippen LogP contribution in [0.2, 0.25) is 0 Å². The van der Waals surface area contributed by atoms with E-state index in [4.69, 9.17) is 14.2 Å². The molecule has 182 valence electrons. The average molecular weight is 484 g/mol. The van der Waals surface area contributed by atoms with Crippen molar-refractivity contribution in [1.82, 2.24) is 9.55 Å². The SMILES string of the molecule is Cc1ccn([C@@H]2O[C@](F)(COC(=O)c3ccccc3)[C@@H](F)[C@@]2(C)OC(=O)c2ccccc2)c(=O)n1. The number of aryl methyl sites for hydroxylation is 1. The van der Waals surface area contributed by atoms with Crippen molar-refractivity contribution >= 4 is 11.9 Å². The molecule has 2 heterocycles. The lowest BCUT2D eigenvalue weighted by molar-refractivity contribution is -0.198. The molecular weight excluding hydrogens is 462 g/mol. The normalized spacial score (nSPS) is 25.7. The molecular formula is C25H22F2N2O6. The zero-order valence-corrected chi connectivity index (χ0v) is 18.9. The molecule has 8 nitrogen and oxygen atoms in total. The predicted octanol–water partition coefficient (Wildman–Crippen LogP) is 3.56. The number of halogens is 2. The van der Waals surface area contributed by atoms with Crippen LogP contribution in [0.3, 0.4) is 0 Å². The molecule has 3 aromatic rings. The minimum absolute atomic E-state index is 0.0842. The lowest BCUT2D eigenvalue weighted by atomic mass is 9.95. The number of carbonyl (C=O) groups is 2. The minimum Gasteiger partial charge on any atom is -0.456 e. The second-order valence-electron chi connectivity index (χ2n) is 8.26. The summed E-state index contributed by atoms with van der Waals surface area (Å²) >= 11 is 0. The van der Waals surface area contributed by atoms with Crippen LogP contribution in [0.4, 0.5) is 8.78 Å². The van der Waals surface area contributed by atoms with Gasteiger partial charge in [0.1, 0.15) is 0 Å². The van der Waals surface area contributed by atoms with E-state index in [0.717, 1.165) is 11.5 Å². The van der Waals surface area contributed by atoms with E-state index in [1.807, 2.05) is 0 Å². The van der Waals surface area contributed by atoms with Gasteiger partial charge in [0.25, 0.3) is 5.85 Å². The van der Waals surface area contributed by atoms with Gasteiger partial charge < -0.3 is 14.2 Å². The van der Waals surface area contributed by atoms with Crippen molar-refractivity contribution in [1.29, 1.82) is 0 Å². The fourth-order valence-electron chi connectivity index (χ4n) is 3.79. The van der Waals surface area contributed by atoms with Crippen molar-refractivity contribution in [3.8, 4) is 0 Å². The van der Waals surface area contributed by atoms with Crippen molar-refractivity contribution in [2.45, 2.75) is 37.7 Å². The van der Waals surface area contributed by atoms with Crippen molar-refractivity contribution in [3.63, 3.8) is 0 Å². The van der Waals surface area contributed by atoms with Crippen LogP contribution >= 0.6 is 0 Å². The second kappa shape index (κ2) is 9.38. The molecule has 0 bridgehead atoms. The van der Waals surface area contributed by atoms with E-state index in [0.29, 0.717) is 5.69 Å². The van der Waals surface area contributed by atoms with Crippen LogP contribution in [0.1, 0.15) is 39.6 Å². The smallest absolute Gasteiger partial charge is 0.350 e. The fourth-order valence-corrected chi connectivity index (χ4v) is 3.79. The summed E-state index contributed by atoms with van der Waals surface area (Å²) < 4.78 is 48.2. The number of hydrogen-bond acceptors (Lipinski definition) is 7. The minimum atomic E-state index is -3.23. The number of benzene rings is 2. The van der Waals surface area contributed by atoms with Crippen molar-refractivity contribution in [2.24, 2.45) is 0 Å². The van der Waals surface area contributed by atoms with Gasteiger partial charge in [-0.2, -0.15) is 4.98 Å². The lowest BCUT2D eigenvalue weighted by Gasteiger charge is -2.31. The first-order valence-electron chi connectivity index (χ1n) is 10.7. The summed E-state index contributed by atoms with van der Waals surface area (Å²) in [5.74, 6) is -5.09. The topological polar surface area (TPSA) is 96.7 Å². The first-order chi connectivity index (χ1) is 16.6. The first-order valence-corrected chi connectivity index (χ1v) is 10.7. The summed E-state index contributed by atoms with van der Waals surface area (Å²) in [5.41, 5.74) is -2.61. The molecule has 0 N–H and O–H groups in total. The summed E-state index contributed by atoms with van der Waals surface area (Å²) in [6.07, 6.45) is -3.14. The van der Waals surface area contributed by atoms with Crippen molar-refractivity contribution in [2.75, 3.05) is 6.61 Å². The van der Waals surface area contributed by atoms with Crippen LogP contribution in [0.5, 0.6) is 0 Å². The van der Waals surface area contributed by atoms with E-state index in [9.17, 15) is 14.4 Å². The Labute approximate surface area is 199 Å². The maximum absolute atomic E-state index is 15.9. The number of aromatic nitrogens is 2. The van der Waals surface area contributed by atoms with E-state index >= 15 is 8.78 Å². The number of esters is 2. The van der Waals surface area contributed by atoms with Crippen LogP contribution in [0, 0.1) is 6.92 Å². The Bertz CT molecular complexity index is 1290. The summed E-state index contributed by atoms with van der Waals surface area (Å²) in [4.78, 5) is 41.4. The molecule has 1 fully saturated rings. The maximum Gasteiger partial charge on any atom is 0.350 e. The largest absolute Gasteiger partial charge is 0.456 e. The van der Waals surface area contributed by atoms with Crippen LogP contribution in [0.25, 0.3) is 0 Å². The fraction of sp³-hybridized carbons (Fsp3) is 0.280. The Kier molecular flexibility index (Phi) is 6.49. The molecule has 1 saturated heterocycles. The lowest BCUT2D eigenvalue weighted by Crippen LogP contribution is -2.50. The summed E-state index contributed by atoms with van der Waals surface area (Å²) in [6, 6.07) is 16.9. The molecule has 4 atom stereocenters. The van der Waals surface area contributed by atoms with Crippen LogP contribution in [-0.4, -0.2) is 45.7 Å². The Morgan fingerprint density at radius 2 is 1.60 bits per heavy atom. The van der Waals surface area contributed by atoms with E-state index in [1.165, 1.54) is 36.5 Å². The summed E-state index contributed by atoms with van der Waals surface area (Å²) in [7, 11) is 0. The Morgan fingerprint density at radius 1 is 1.03 bits per heavy atom. The molecule has 0 spiro atoms. The number of carbonyl (C=O) groups excluding carboxylic acids is 2. The predicted molar refractivity (Wildman–Crippen MR) is 119 cm³/mol. The van der Waals surface area contributed by atoms with E-state index in [-0.39, 0.29) is 11.1 Å². The Hall–Kier alpha value is -3.92. The van der Waals surface area contributed by atoms with Crippen LogP contribution in [-0.2, 0) is 14.2 Å². The Balaban J connectivity index is 1.66. The van der Waals surface area contributed by atoms with Gasteiger partial charge in [0.2, 0.25) is 6.17 Å². The number of ether oxygens (including phenoxy) is 3. The third-order valence-corrected chi connectivity index (χ3v) is 5.63. The molecule has 10 heteroatoms. The monoisotopic (exact) mass is 484 g/mol. The van der Waals surface area contributed by atoms with Gasteiger partial charge in [0.05, 0.1) is 11.1 Å². The maximum atomic E-state index is 15.9. The van der Waals surface area contributed by atoms with Gasteiger partial charge in [-0.3, -0.25) is 4.57 Å². The molecule has 0 saturated carbocycles. The highest BCUT2D eigenvalue weighted by atomic mass is 19.2. The highest BCUT2D eigenvalue weighted by Crippen LogP contribution is 2.49. The van der Waals surface area contributed by atoms with E-state index in [2.05, 4.69) is 4.98 Å². The highest BCUT2D eigenvalue weighted by molar-refractivity contribution is 5.90. The van der Waals surface area contributed by atoms with Gasteiger partial charge in [-0.25, -0.2) is 23.2 Å². The summed E-state index contributed by atoms with van der Waals surface area (Å²) in [5, 5.41) is 0. The van der Waals surface area contributed by atoms with E-state index < -0.39 is 48.1 Å².